The molecule has 2 aromatic carbocycles. The first kappa shape index (κ1) is 26.4. The van der Waals surface area contributed by atoms with E-state index < -0.39 is 37.4 Å². The number of nitrogens with one attached hydrogen (secondary N) is 1. The number of methoxy groups -OCH3 is 1. The molecule has 1 amide bonds. The number of nitro benzene ring substituents is 1. The van der Waals surface area contributed by atoms with Gasteiger partial charge in [0.1, 0.15) is 18.0 Å². The zero-order valence-electron chi connectivity index (χ0n) is 19.2. The quantitative estimate of drug-likeness (QED) is 0.385. The molecule has 0 aliphatic carbocycles. The topological polar surface area (TPSA) is 156 Å². The Balaban J connectivity index is 1.79. The van der Waals surface area contributed by atoms with Gasteiger partial charge >= 0.3 is 0 Å². The summed E-state index contributed by atoms with van der Waals surface area (Å²) in [6.07, 6.45) is 3.46. The SMILES string of the molecule is COc1ccc([N+](=O)[O-])cc1N(CC(=O)Nc1ccc(S(=O)(=O)N2CCCCC2)cc1)S(C)(=O)=O. The van der Waals surface area contributed by atoms with Crippen LogP contribution in [0, 0.1) is 10.1 Å². The van der Waals surface area contributed by atoms with E-state index in [1.807, 2.05) is 0 Å². The Hall–Kier alpha value is -3.23. The number of rotatable bonds is 9. The predicted octanol–water partition coefficient (Wildman–Crippen LogP) is 2.18. The molecule has 3 rings (SSSR count). The summed E-state index contributed by atoms with van der Waals surface area (Å²) in [6.45, 7) is 0.233. The van der Waals surface area contributed by atoms with Crippen LogP contribution in [-0.4, -0.2) is 65.0 Å². The number of piperidine rings is 1. The summed E-state index contributed by atoms with van der Waals surface area (Å²) in [5.41, 5.74) is -0.283. The minimum atomic E-state index is -4.03. The standard InChI is InChI=1S/C21H26N4O8S2/c1-33-20-11-8-17(25(27)28)14-19(20)24(34(2,29)30)15-21(26)22-16-6-9-18(10-7-16)35(31,32)23-12-4-3-5-13-23/h6-11,14H,3-5,12-13,15H2,1-2H3,(H,22,26). The molecule has 0 bridgehead atoms. The first-order valence-corrected chi connectivity index (χ1v) is 13.9. The molecule has 1 fully saturated rings. The number of amides is 1. The predicted molar refractivity (Wildman–Crippen MR) is 130 cm³/mol. The molecule has 1 saturated heterocycles. The van der Waals surface area contributed by atoms with Crippen LogP contribution in [-0.2, 0) is 24.8 Å². The van der Waals surface area contributed by atoms with Crippen molar-refractivity contribution in [3.05, 3.63) is 52.6 Å². The van der Waals surface area contributed by atoms with E-state index >= 15 is 0 Å². The lowest BCUT2D eigenvalue weighted by atomic mass is 10.2. The number of ether oxygens (including phenoxy) is 1. The van der Waals surface area contributed by atoms with Crippen LogP contribution in [0.5, 0.6) is 5.75 Å². The molecule has 0 atom stereocenters. The lowest BCUT2D eigenvalue weighted by molar-refractivity contribution is -0.384. The van der Waals surface area contributed by atoms with Crippen LogP contribution >= 0.6 is 0 Å². The first-order chi connectivity index (χ1) is 16.4. The minimum absolute atomic E-state index is 0.0288. The van der Waals surface area contributed by atoms with Gasteiger partial charge < -0.3 is 10.1 Å². The monoisotopic (exact) mass is 526 g/mol. The fourth-order valence-electron chi connectivity index (χ4n) is 3.66. The second kappa shape index (κ2) is 10.6. The Labute approximate surface area is 203 Å². The summed E-state index contributed by atoms with van der Waals surface area (Å²) in [5.74, 6) is -0.711. The Bertz CT molecular complexity index is 1310. The summed E-state index contributed by atoms with van der Waals surface area (Å²) in [5, 5.41) is 13.7. The highest BCUT2D eigenvalue weighted by atomic mass is 32.2. The summed E-state index contributed by atoms with van der Waals surface area (Å²) < 4.78 is 57.7. The number of non-ortho nitro benzene ring substituents is 1. The van der Waals surface area contributed by atoms with Gasteiger partial charge in [0.15, 0.2) is 0 Å². The van der Waals surface area contributed by atoms with Crippen LogP contribution in [0.3, 0.4) is 0 Å². The molecule has 1 aliphatic heterocycles. The maximum atomic E-state index is 12.8. The Kier molecular flexibility index (Phi) is 7.97. The molecule has 12 nitrogen and oxygen atoms in total. The maximum Gasteiger partial charge on any atom is 0.271 e. The van der Waals surface area contributed by atoms with Crippen molar-refractivity contribution in [2.75, 3.05) is 42.6 Å². The maximum absolute atomic E-state index is 12.8. The first-order valence-electron chi connectivity index (χ1n) is 10.6. The zero-order valence-corrected chi connectivity index (χ0v) is 20.8. The van der Waals surface area contributed by atoms with Crippen LogP contribution in [0.15, 0.2) is 47.4 Å². The van der Waals surface area contributed by atoms with E-state index in [1.165, 1.54) is 41.7 Å². The van der Waals surface area contributed by atoms with E-state index in [1.54, 1.807) is 0 Å². The van der Waals surface area contributed by atoms with Gasteiger partial charge in [-0.15, -0.1) is 0 Å². The largest absolute Gasteiger partial charge is 0.495 e. The number of nitrogens with zero attached hydrogens (tertiary/aromatic N) is 3. The van der Waals surface area contributed by atoms with Gasteiger partial charge in [0.2, 0.25) is 26.0 Å². The van der Waals surface area contributed by atoms with Gasteiger partial charge in [-0.25, -0.2) is 16.8 Å². The second-order valence-electron chi connectivity index (χ2n) is 7.92. The van der Waals surface area contributed by atoms with Gasteiger partial charge in [-0.1, -0.05) is 6.42 Å². The molecule has 1 heterocycles. The molecule has 0 aromatic heterocycles. The number of benzene rings is 2. The fourth-order valence-corrected chi connectivity index (χ4v) is 6.03. The van der Waals surface area contributed by atoms with Crippen molar-refractivity contribution in [2.24, 2.45) is 0 Å². The van der Waals surface area contributed by atoms with Gasteiger partial charge in [0, 0.05) is 30.9 Å². The molecular weight excluding hydrogens is 500 g/mol. The summed E-state index contributed by atoms with van der Waals surface area (Å²) >= 11 is 0. The zero-order chi connectivity index (χ0) is 25.8. The number of hydrogen-bond donors (Lipinski definition) is 1. The number of nitro groups is 1. The summed E-state index contributed by atoms with van der Waals surface area (Å²) in [4.78, 5) is 23.2. The van der Waals surface area contributed by atoms with E-state index in [0.717, 1.165) is 37.7 Å². The minimum Gasteiger partial charge on any atom is -0.495 e. The normalized spacial score (nSPS) is 14.8. The van der Waals surface area contributed by atoms with Crippen LogP contribution in [0.4, 0.5) is 17.1 Å². The molecule has 0 spiro atoms. The third kappa shape index (κ3) is 6.26. The van der Waals surface area contributed by atoms with E-state index in [-0.39, 0.29) is 27.7 Å². The lowest BCUT2D eigenvalue weighted by Gasteiger charge is -2.26. The van der Waals surface area contributed by atoms with Crippen LogP contribution in [0.25, 0.3) is 0 Å². The molecule has 1 aliphatic rings. The van der Waals surface area contributed by atoms with Crippen molar-refractivity contribution in [2.45, 2.75) is 24.2 Å². The molecule has 35 heavy (non-hydrogen) atoms. The number of sulfonamides is 2. The average Bonchev–Trinajstić information content (AvgIpc) is 2.82. The van der Waals surface area contributed by atoms with Crippen molar-refractivity contribution in [3.63, 3.8) is 0 Å². The third-order valence-electron chi connectivity index (χ3n) is 5.42. The van der Waals surface area contributed by atoms with Gasteiger partial charge in [-0.3, -0.25) is 19.2 Å². The van der Waals surface area contributed by atoms with Gasteiger partial charge in [-0.2, -0.15) is 4.31 Å². The molecule has 0 saturated carbocycles. The highest BCUT2D eigenvalue weighted by Crippen LogP contribution is 2.33. The number of carbonyl (C=O) groups is 1. The molecule has 0 unspecified atom stereocenters. The molecule has 14 heteroatoms. The second-order valence-corrected chi connectivity index (χ2v) is 11.8. The molecule has 2 aromatic rings. The Morgan fingerprint density at radius 1 is 1.09 bits per heavy atom. The van der Waals surface area contributed by atoms with E-state index in [4.69, 9.17) is 4.74 Å². The van der Waals surface area contributed by atoms with Crippen LogP contribution in [0.2, 0.25) is 0 Å². The number of hydrogen-bond acceptors (Lipinski definition) is 8. The smallest absolute Gasteiger partial charge is 0.271 e. The van der Waals surface area contributed by atoms with Crippen molar-refractivity contribution < 1.29 is 31.3 Å². The van der Waals surface area contributed by atoms with Crippen molar-refractivity contribution in [3.8, 4) is 5.75 Å². The van der Waals surface area contributed by atoms with Crippen molar-refractivity contribution in [1.29, 1.82) is 0 Å². The Morgan fingerprint density at radius 2 is 1.71 bits per heavy atom. The molecule has 190 valence electrons. The van der Waals surface area contributed by atoms with E-state index in [9.17, 15) is 31.7 Å². The van der Waals surface area contributed by atoms with Crippen molar-refractivity contribution in [1.82, 2.24) is 4.31 Å². The highest BCUT2D eigenvalue weighted by molar-refractivity contribution is 7.92. The fraction of sp³-hybridized carbons (Fsp3) is 0.381. The van der Waals surface area contributed by atoms with Gasteiger partial charge in [0.05, 0.1) is 23.2 Å². The lowest BCUT2D eigenvalue weighted by Crippen LogP contribution is -2.37. The van der Waals surface area contributed by atoms with Crippen molar-refractivity contribution >= 4 is 43.0 Å². The van der Waals surface area contributed by atoms with Crippen LogP contribution < -0.4 is 14.4 Å². The molecular formula is C21H26N4O8S2. The summed E-state index contributed by atoms with van der Waals surface area (Å²) in [6, 6.07) is 8.97. The summed E-state index contributed by atoms with van der Waals surface area (Å²) in [7, 11) is -6.40. The number of anilines is 2. The molecule has 1 N–H and O–H groups in total. The van der Waals surface area contributed by atoms with E-state index in [2.05, 4.69) is 5.32 Å². The third-order valence-corrected chi connectivity index (χ3v) is 8.46. The highest BCUT2D eigenvalue weighted by Gasteiger charge is 2.27. The van der Waals surface area contributed by atoms with Crippen LogP contribution in [0.1, 0.15) is 19.3 Å². The van der Waals surface area contributed by atoms with Gasteiger partial charge in [-0.05, 0) is 43.2 Å². The van der Waals surface area contributed by atoms with E-state index in [0.29, 0.717) is 17.4 Å². The Morgan fingerprint density at radius 3 is 2.26 bits per heavy atom. The molecule has 0 radical (unpaired) electrons. The average molecular weight is 527 g/mol. The number of carbonyl (C=O) groups excluding carboxylic acids is 1. The van der Waals surface area contributed by atoms with Gasteiger partial charge in [0.25, 0.3) is 5.69 Å².